The minimum absolute atomic E-state index is 0.0190. The summed E-state index contributed by atoms with van der Waals surface area (Å²) in [5, 5.41) is 3.67. The average molecular weight is 623 g/mol. The zero-order valence-corrected chi connectivity index (χ0v) is 25.2. The third-order valence-corrected chi connectivity index (χ3v) is 7.54. The molecule has 1 fully saturated rings. The number of fused-ring (bicyclic) bond motifs is 1. The van der Waals surface area contributed by atoms with Crippen molar-refractivity contribution in [3.05, 3.63) is 59.9 Å². The summed E-state index contributed by atoms with van der Waals surface area (Å²) < 4.78 is 13.6. The van der Waals surface area contributed by atoms with Crippen LogP contribution in [0.2, 0.25) is 5.02 Å². The van der Waals surface area contributed by atoms with E-state index in [9.17, 15) is 14.4 Å². The Kier molecular flexibility index (Phi) is 8.44. The van der Waals surface area contributed by atoms with Gasteiger partial charge >= 0.3 is 11.8 Å². The van der Waals surface area contributed by atoms with Crippen LogP contribution in [-0.4, -0.2) is 63.4 Å². The first-order chi connectivity index (χ1) is 18.3. The number of halogens is 2. The molecule has 1 saturated heterocycles. The molecule has 0 spiro atoms. The van der Waals surface area contributed by atoms with Crippen LogP contribution in [0.3, 0.4) is 0 Å². The first-order valence-corrected chi connectivity index (χ1v) is 13.9. The second kappa shape index (κ2) is 11.3. The molecule has 1 amide bonds. The molecule has 3 heterocycles. The molecule has 2 N–H and O–H groups in total. The molecule has 10 nitrogen and oxygen atoms in total. The van der Waals surface area contributed by atoms with Crippen LogP contribution in [0.5, 0.6) is 5.75 Å². The number of H-pyrrole nitrogens is 1. The molecule has 0 saturated carbocycles. The Bertz CT molecular complexity index is 1530. The molecule has 2 aromatic heterocycles. The molecule has 0 radical (unpaired) electrons. The van der Waals surface area contributed by atoms with E-state index >= 15 is 0 Å². The highest BCUT2D eigenvalue weighted by Gasteiger charge is 2.29. The molecule has 0 unspecified atom stereocenters. The Hall–Kier alpha value is -2.89. The number of ether oxygens (including phenoxy) is 2. The maximum absolute atomic E-state index is 13.2. The van der Waals surface area contributed by atoms with Crippen molar-refractivity contribution in [1.82, 2.24) is 24.8 Å². The van der Waals surface area contributed by atoms with Crippen molar-refractivity contribution < 1.29 is 14.3 Å². The first-order valence-electron chi connectivity index (χ1n) is 12.8. The van der Waals surface area contributed by atoms with E-state index in [2.05, 4.69) is 31.2 Å². The lowest BCUT2D eigenvalue weighted by Crippen LogP contribution is -2.55. The first kappa shape index (κ1) is 29.1. The highest BCUT2D eigenvalue weighted by molar-refractivity contribution is 9.10. The fourth-order valence-electron chi connectivity index (χ4n) is 4.57. The summed E-state index contributed by atoms with van der Waals surface area (Å²) in [5.74, 6) is 0.158. The second-order valence-electron chi connectivity index (χ2n) is 10.9. The Morgan fingerprint density at radius 2 is 2.03 bits per heavy atom. The number of aromatic nitrogens is 3. The molecule has 210 valence electrons. The van der Waals surface area contributed by atoms with Crippen molar-refractivity contribution in [1.29, 1.82) is 0 Å². The molecule has 12 heteroatoms. The van der Waals surface area contributed by atoms with Gasteiger partial charge in [0, 0.05) is 30.3 Å². The predicted octanol–water partition coefficient (Wildman–Crippen LogP) is 4.51. The summed E-state index contributed by atoms with van der Waals surface area (Å²) in [6, 6.07) is 3.22. The quantitative estimate of drug-likeness (QED) is 0.430. The third-order valence-electron chi connectivity index (χ3n) is 6.31. The molecular weight excluding hydrogens is 590 g/mol. The molecule has 1 aromatic carbocycles. The van der Waals surface area contributed by atoms with Gasteiger partial charge in [-0.25, -0.2) is 9.59 Å². The number of aromatic amines is 1. The van der Waals surface area contributed by atoms with Gasteiger partial charge in [0.25, 0.3) is 5.56 Å². The van der Waals surface area contributed by atoms with E-state index in [0.29, 0.717) is 41.0 Å². The van der Waals surface area contributed by atoms with Gasteiger partial charge in [-0.05, 0) is 67.2 Å². The average Bonchev–Trinajstić information content (AvgIpc) is 2.84. The minimum Gasteiger partial charge on any atom is -0.489 e. The molecule has 1 atom stereocenters. The van der Waals surface area contributed by atoms with Crippen molar-refractivity contribution in [3.63, 3.8) is 0 Å². The molecule has 39 heavy (non-hydrogen) atoms. The topological polar surface area (TPSA) is 119 Å². The fraction of sp³-hybridized carbons (Fsp3) is 0.481. The van der Waals surface area contributed by atoms with Crippen molar-refractivity contribution in [2.45, 2.75) is 59.1 Å². The fourth-order valence-corrected chi connectivity index (χ4v) is 5.17. The summed E-state index contributed by atoms with van der Waals surface area (Å²) in [5.41, 5.74) is 0.665. The van der Waals surface area contributed by atoms with E-state index in [-0.39, 0.29) is 34.7 Å². The van der Waals surface area contributed by atoms with E-state index in [4.69, 9.17) is 21.1 Å². The summed E-state index contributed by atoms with van der Waals surface area (Å²) in [4.78, 5) is 47.6. The highest BCUT2D eigenvalue weighted by atomic mass is 79.9. The molecular formula is C27H33BrClN5O5. The number of benzene rings is 1. The Morgan fingerprint density at radius 1 is 1.31 bits per heavy atom. The lowest BCUT2D eigenvalue weighted by Gasteiger charge is -2.34. The van der Waals surface area contributed by atoms with Gasteiger partial charge in [0.1, 0.15) is 17.6 Å². The number of hydrogen-bond donors (Lipinski definition) is 2. The van der Waals surface area contributed by atoms with Crippen LogP contribution in [0, 0.1) is 6.92 Å². The van der Waals surface area contributed by atoms with Gasteiger partial charge in [-0.1, -0.05) is 25.4 Å². The lowest BCUT2D eigenvalue weighted by molar-refractivity contribution is 0.0178. The molecule has 4 rings (SSSR count). The molecule has 0 aliphatic carbocycles. The number of aryl methyl sites for hydroxylation is 1. The molecule has 1 aliphatic rings. The van der Waals surface area contributed by atoms with Gasteiger partial charge in [0.15, 0.2) is 5.75 Å². The predicted molar refractivity (Wildman–Crippen MR) is 155 cm³/mol. The van der Waals surface area contributed by atoms with Crippen LogP contribution in [0.1, 0.15) is 51.8 Å². The normalized spacial score (nSPS) is 16.1. The number of piperazine rings is 1. The van der Waals surface area contributed by atoms with E-state index < -0.39 is 22.9 Å². The van der Waals surface area contributed by atoms with Crippen molar-refractivity contribution in [2.24, 2.45) is 0 Å². The van der Waals surface area contributed by atoms with Gasteiger partial charge in [0.05, 0.1) is 28.0 Å². The van der Waals surface area contributed by atoms with E-state index in [1.165, 1.54) is 4.57 Å². The van der Waals surface area contributed by atoms with Crippen LogP contribution < -0.4 is 21.3 Å². The number of pyridine rings is 1. The maximum Gasteiger partial charge on any atom is 0.410 e. The van der Waals surface area contributed by atoms with Crippen LogP contribution in [0.15, 0.2) is 32.4 Å². The van der Waals surface area contributed by atoms with Crippen LogP contribution in [0.4, 0.5) is 4.79 Å². The summed E-state index contributed by atoms with van der Waals surface area (Å²) >= 11 is 10.1. The van der Waals surface area contributed by atoms with Gasteiger partial charge in [-0.15, -0.1) is 0 Å². The summed E-state index contributed by atoms with van der Waals surface area (Å²) in [6.07, 6.45) is 1.31. The van der Waals surface area contributed by atoms with Crippen molar-refractivity contribution in [3.8, 4) is 11.4 Å². The minimum atomic E-state index is -0.615. The van der Waals surface area contributed by atoms with Gasteiger partial charge < -0.3 is 19.7 Å². The van der Waals surface area contributed by atoms with Gasteiger partial charge in [-0.3, -0.25) is 19.3 Å². The van der Waals surface area contributed by atoms with Crippen LogP contribution >= 0.6 is 27.5 Å². The largest absolute Gasteiger partial charge is 0.489 e. The Morgan fingerprint density at radius 3 is 2.69 bits per heavy atom. The van der Waals surface area contributed by atoms with E-state index in [1.54, 1.807) is 17.2 Å². The third kappa shape index (κ3) is 6.15. The highest BCUT2D eigenvalue weighted by Crippen LogP contribution is 2.39. The van der Waals surface area contributed by atoms with E-state index in [0.717, 1.165) is 5.56 Å². The number of amides is 1. The number of carbonyl (C=O) groups excluding carboxylic acids is 1. The van der Waals surface area contributed by atoms with E-state index in [1.807, 2.05) is 47.6 Å². The maximum atomic E-state index is 13.2. The number of nitrogens with zero attached hydrogens (tertiary/aromatic N) is 3. The van der Waals surface area contributed by atoms with Gasteiger partial charge in [-0.2, -0.15) is 0 Å². The smallest absolute Gasteiger partial charge is 0.410 e. The molecule has 1 aliphatic heterocycles. The number of carbonyl (C=O) groups is 1. The zero-order valence-electron chi connectivity index (χ0n) is 22.9. The van der Waals surface area contributed by atoms with Gasteiger partial charge in [0.2, 0.25) is 0 Å². The zero-order chi connectivity index (χ0) is 28.6. The molecule has 3 aromatic rings. The Balaban J connectivity index is 1.75. The van der Waals surface area contributed by atoms with Crippen LogP contribution in [-0.2, 0) is 4.74 Å². The second-order valence-corrected chi connectivity index (χ2v) is 12.1. The van der Waals surface area contributed by atoms with Crippen molar-refractivity contribution >= 4 is 44.5 Å². The number of nitrogens with one attached hydrogen (secondary N) is 2. The van der Waals surface area contributed by atoms with Crippen molar-refractivity contribution in [2.75, 3.05) is 26.2 Å². The standard InChI is InChI=1S/C27H33BrClN5O5/c1-14(2)21-22(15(3)7-8-31-21)34-18-11-17(28)20(29)23(19(18)24(35)32-25(34)36)38-13-16-12-33(10-9-30-16)26(37)39-27(4,5)6/h7-8,11,14,16,30H,9-10,12-13H2,1-6H3,(H,32,35,36)/t16-/m0/s1. The summed E-state index contributed by atoms with van der Waals surface area (Å²) in [6.45, 7) is 12.9. The number of rotatable bonds is 5. The molecule has 0 bridgehead atoms. The lowest BCUT2D eigenvalue weighted by atomic mass is 10.0. The summed E-state index contributed by atoms with van der Waals surface area (Å²) in [7, 11) is 0. The monoisotopic (exact) mass is 621 g/mol. The Labute approximate surface area is 239 Å². The SMILES string of the molecule is Cc1ccnc(C(C)C)c1-n1c(=O)[nH]c(=O)c2c(OC[C@@H]3CN(C(=O)OC(C)(C)C)CCN3)c(Cl)c(Br)cc21. The number of hydrogen-bond acceptors (Lipinski definition) is 7. The van der Waals surface area contributed by atoms with Crippen LogP contribution in [0.25, 0.3) is 16.6 Å².